The van der Waals surface area contributed by atoms with E-state index >= 15 is 0 Å². The molecule has 3 nitrogen and oxygen atoms in total. The van der Waals surface area contributed by atoms with E-state index in [9.17, 15) is 4.39 Å². The molecule has 0 spiro atoms. The molecule has 1 aromatic heterocycles. The predicted octanol–water partition coefficient (Wildman–Crippen LogP) is 3.41. The highest BCUT2D eigenvalue weighted by atomic mass is 32.2. The van der Waals surface area contributed by atoms with Crippen molar-refractivity contribution >= 4 is 23.3 Å². The number of nitrogens with two attached hydrogens (primary N) is 1. The van der Waals surface area contributed by atoms with Crippen molar-refractivity contribution < 1.29 is 4.39 Å². The van der Waals surface area contributed by atoms with E-state index < -0.39 is 0 Å². The number of hydrogen-bond donors (Lipinski definition) is 1. The van der Waals surface area contributed by atoms with E-state index in [4.69, 9.17) is 5.73 Å². The number of aryl methyl sites for hydroxylation is 1. The third-order valence-electron chi connectivity index (χ3n) is 2.44. The largest absolute Gasteiger partial charge is 0.324 e. The first-order chi connectivity index (χ1) is 8.60. The molecule has 6 heteroatoms. The fourth-order valence-corrected chi connectivity index (χ4v) is 3.06. The highest BCUT2D eigenvalue weighted by molar-refractivity contribution is 8.01. The van der Waals surface area contributed by atoms with Gasteiger partial charge in [0.15, 0.2) is 4.34 Å². The Morgan fingerprint density at radius 3 is 2.83 bits per heavy atom. The van der Waals surface area contributed by atoms with Crippen molar-refractivity contribution in [3.05, 3.63) is 35.4 Å². The summed E-state index contributed by atoms with van der Waals surface area (Å²) < 4.78 is 18.8. The molecule has 0 saturated heterocycles. The van der Waals surface area contributed by atoms with E-state index in [-0.39, 0.29) is 11.9 Å². The predicted molar refractivity (Wildman–Crippen MR) is 72.4 cm³/mol. The van der Waals surface area contributed by atoms with Crippen LogP contribution < -0.4 is 5.73 Å². The number of aromatic nitrogens is 2. The van der Waals surface area contributed by atoms with E-state index in [0.29, 0.717) is 4.90 Å². The maximum Gasteiger partial charge on any atom is 0.174 e. The van der Waals surface area contributed by atoms with Crippen molar-refractivity contribution in [3.63, 3.8) is 0 Å². The molecule has 2 rings (SSSR count). The lowest BCUT2D eigenvalue weighted by atomic mass is 10.1. The van der Waals surface area contributed by atoms with Crippen LogP contribution in [0.4, 0.5) is 4.39 Å². The molecule has 0 amide bonds. The summed E-state index contributed by atoms with van der Waals surface area (Å²) in [4.78, 5) is 4.86. The Kier molecular flexibility index (Phi) is 4.31. The minimum Gasteiger partial charge on any atom is -0.324 e. The van der Waals surface area contributed by atoms with Crippen LogP contribution in [0.15, 0.2) is 27.4 Å². The number of benzene rings is 1. The van der Waals surface area contributed by atoms with Crippen LogP contribution in [-0.4, -0.2) is 9.36 Å². The average Bonchev–Trinajstić information content (AvgIpc) is 2.79. The second-order valence-electron chi connectivity index (χ2n) is 3.91. The quantitative estimate of drug-likeness (QED) is 0.934. The molecule has 0 fully saturated rings. The minimum atomic E-state index is -0.261. The summed E-state index contributed by atoms with van der Waals surface area (Å²) in [5.74, 6) is 0.540. The van der Waals surface area contributed by atoms with Crippen LogP contribution in [0.25, 0.3) is 0 Å². The second-order valence-corrected chi connectivity index (χ2v) is 5.95. The van der Waals surface area contributed by atoms with E-state index in [0.717, 1.165) is 22.1 Å². The molecule has 0 aliphatic rings. The first kappa shape index (κ1) is 13.5. The molecule has 0 saturated carbocycles. The first-order valence-corrected chi connectivity index (χ1v) is 7.24. The van der Waals surface area contributed by atoms with Crippen LogP contribution >= 0.6 is 23.3 Å². The molecule has 0 radical (unpaired) electrons. The van der Waals surface area contributed by atoms with Crippen molar-refractivity contribution in [3.8, 4) is 0 Å². The first-order valence-electron chi connectivity index (χ1n) is 5.65. The molecule has 0 aliphatic heterocycles. The molecular formula is C12H14FN3S2. The lowest BCUT2D eigenvalue weighted by molar-refractivity contribution is 0.596. The fraction of sp³-hybridized carbons (Fsp3) is 0.333. The van der Waals surface area contributed by atoms with Gasteiger partial charge < -0.3 is 5.73 Å². The monoisotopic (exact) mass is 283 g/mol. The maximum absolute atomic E-state index is 13.9. The van der Waals surface area contributed by atoms with Crippen LogP contribution in [0.1, 0.15) is 31.3 Å². The zero-order valence-corrected chi connectivity index (χ0v) is 11.8. The molecule has 2 N–H and O–H groups in total. The molecule has 1 aromatic carbocycles. The highest BCUT2D eigenvalue weighted by Crippen LogP contribution is 2.32. The molecule has 1 atom stereocenters. The van der Waals surface area contributed by atoms with Crippen molar-refractivity contribution in [2.24, 2.45) is 5.73 Å². The topological polar surface area (TPSA) is 51.8 Å². The third kappa shape index (κ3) is 3.07. The number of hydrogen-bond acceptors (Lipinski definition) is 5. The van der Waals surface area contributed by atoms with Crippen molar-refractivity contribution in [1.82, 2.24) is 9.36 Å². The van der Waals surface area contributed by atoms with Crippen molar-refractivity contribution in [2.45, 2.75) is 35.5 Å². The Hall–Kier alpha value is -0.980. The van der Waals surface area contributed by atoms with Gasteiger partial charge in [-0.1, -0.05) is 24.8 Å². The van der Waals surface area contributed by atoms with Gasteiger partial charge in [-0.05, 0) is 36.2 Å². The van der Waals surface area contributed by atoms with Gasteiger partial charge >= 0.3 is 0 Å². The van der Waals surface area contributed by atoms with Crippen LogP contribution in [-0.2, 0) is 6.42 Å². The van der Waals surface area contributed by atoms with E-state index in [1.54, 1.807) is 6.07 Å². The molecule has 2 aromatic rings. The smallest absolute Gasteiger partial charge is 0.174 e. The van der Waals surface area contributed by atoms with E-state index in [2.05, 4.69) is 9.36 Å². The SMILES string of the molecule is CCc1nsc(Sc2ccc(C(C)N)cc2F)n1. The Bertz CT molecular complexity index is 540. The number of nitrogens with zero attached hydrogens (tertiary/aromatic N) is 2. The lowest BCUT2D eigenvalue weighted by Crippen LogP contribution is -2.05. The molecule has 18 heavy (non-hydrogen) atoms. The van der Waals surface area contributed by atoms with Crippen LogP contribution in [0.2, 0.25) is 0 Å². The zero-order valence-electron chi connectivity index (χ0n) is 10.2. The van der Waals surface area contributed by atoms with Crippen molar-refractivity contribution in [2.75, 3.05) is 0 Å². The summed E-state index contributed by atoms with van der Waals surface area (Å²) in [5, 5.41) is 0. The van der Waals surface area contributed by atoms with Crippen molar-refractivity contribution in [1.29, 1.82) is 0 Å². The highest BCUT2D eigenvalue weighted by Gasteiger charge is 2.10. The van der Waals surface area contributed by atoms with Crippen LogP contribution in [0.3, 0.4) is 0 Å². The zero-order chi connectivity index (χ0) is 13.1. The maximum atomic E-state index is 13.9. The Morgan fingerprint density at radius 1 is 1.50 bits per heavy atom. The molecule has 1 unspecified atom stereocenters. The van der Waals surface area contributed by atoms with Gasteiger partial charge in [-0.15, -0.1) is 0 Å². The number of rotatable bonds is 4. The Morgan fingerprint density at radius 2 is 2.28 bits per heavy atom. The molecule has 0 aliphatic carbocycles. The summed E-state index contributed by atoms with van der Waals surface area (Å²) in [6.45, 7) is 3.83. The third-order valence-corrected chi connectivity index (χ3v) is 4.28. The summed E-state index contributed by atoms with van der Waals surface area (Å²) in [6, 6.07) is 4.91. The van der Waals surface area contributed by atoms with Gasteiger partial charge in [-0.25, -0.2) is 9.37 Å². The van der Waals surface area contributed by atoms with Gasteiger partial charge in [0.25, 0.3) is 0 Å². The standard InChI is InChI=1S/C12H14FN3S2/c1-3-11-15-12(18-16-11)17-10-5-4-8(7(2)14)6-9(10)13/h4-7H,3,14H2,1-2H3. The molecular weight excluding hydrogens is 269 g/mol. The van der Waals surface area contributed by atoms with Gasteiger partial charge in [0, 0.05) is 12.5 Å². The van der Waals surface area contributed by atoms with Crippen LogP contribution in [0.5, 0.6) is 0 Å². The van der Waals surface area contributed by atoms with Gasteiger partial charge in [-0.3, -0.25) is 0 Å². The molecule has 96 valence electrons. The minimum absolute atomic E-state index is 0.160. The van der Waals surface area contributed by atoms with Gasteiger partial charge in [0.1, 0.15) is 11.6 Å². The number of halogens is 1. The van der Waals surface area contributed by atoms with Gasteiger partial charge in [0.05, 0.1) is 4.90 Å². The summed E-state index contributed by atoms with van der Waals surface area (Å²) in [5.41, 5.74) is 6.51. The molecule has 0 bridgehead atoms. The Labute approximate surface area is 114 Å². The van der Waals surface area contributed by atoms with Gasteiger partial charge in [-0.2, -0.15) is 4.37 Å². The summed E-state index contributed by atoms with van der Waals surface area (Å²) >= 11 is 2.60. The molecule has 1 heterocycles. The fourth-order valence-electron chi connectivity index (χ4n) is 1.40. The lowest BCUT2D eigenvalue weighted by Gasteiger charge is -2.07. The van der Waals surface area contributed by atoms with E-state index in [1.165, 1.54) is 29.4 Å². The normalized spacial score (nSPS) is 12.7. The Balaban J connectivity index is 2.19. The summed E-state index contributed by atoms with van der Waals surface area (Å²) in [6.07, 6.45) is 0.795. The van der Waals surface area contributed by atoms with Gasteiger partial charge in [0.2, 0.25) is 0 Å². The van der Waals surface area contributed by atoms with E-state index in [1.807, 2.05) is 19.9 Å². The average molecular weight is 283 g/mol. The van der Waals surface area contributed by atoms with Crippen LogP contribution in [0, 0.1) is 5.82 Å². The summed E-state index contributed by atoms with van der Waals surface area (Å²) in [7, 11) is 0. The second kappa shape index (κ2) is 5.77.